The number of hydrogen-bond acceptors (Lipinski definition) is 2. The van der Waals surface area contributed by atoms with Gasteiger partial charge in [0.15, 0.2) is 0 Å². The minimum atomic E-state index is -4.40. The largest absolute Gasteiger partial charge is 0.416 e. The summed E-state index contributed by atoms with van der Waals surface area (Å²) in [6.45, 7) is 0. The molecule has 3 nitrogen and oxygen atoms in total. The first-order valence-electron chi connectivity index (χ1n) is 6.54. The highest BCUT2D eigenvalue weighted by Gasteiger charge is 2.30. The van der Waals surface area contributed by atoms with E-state index in [0.717, 1.165) is 17.7 Å². The molecule has 2 N–H and O–H groups in total. The first kappa shape index (κ1) is 14.2. The van der Waals surface area contributed by atoms with Crippen LogP contribution in [0.25, 0.3) is 16.9 Å². The van der Waals surface area contributed by atoms with Crippen molar-refractivity contribution in [3.63, 3.8) is 0 Å². The number of nitrogens with zero attached hydrogens (tertiary/aromatic N) is 2. The maximum absolute atomic E-state index is 12.9. The molecule has 1 heterocycles. The van der Waals surface area contributed by atoms with Crippen LogP contribution in [-0.2, 0) is 6.18 Å². The summed E-state index contributed by atoms with van der Waals surface area (Å²) in [5.41, 5.74) is 6.77. The number of nitrogen functional groups attached to an aromatic ring is 1. The molecule has 0 unspecified atom stereocenters. The van der Waals surface area contributed by atoms with Crippen molar-refractivity contribution >= 4 is 5.82 Å². The molecule has 22 heavy (non-hydrogen) atoms. The Bertz CT molecular complexity index is 792. The Balaban J connectivity index is 2.14. The first-order chi connectivity index (χ1) is 10.4. The van der Waals surface area contributed by atoms with Gasteiger partial charge in [-0.1, -0.05) is 36.4 Å². The Hall–Kier alpha value is -2.76. The van der Waals surface area contributed by atoms with Gasteiger partial charge in [0, 0.05) is 11.6 Å². The summed E-state index contributed by atoms with van der Waals surface area (Å²) in [5.74, 6) is 0.247. The molecule has 0 radical (unpaired) electrons. The van der Waals surface area contributed by atoms with Gasteiger partial charge >= 0.3 is 6.18 Å². The monoisotopic (exact) mass is 303 g/mol. The van der Waals surface area contributed by atoms with Gasteiger partial charge in [-0.15, -0.1) is 0 Å². The summed E-state index contributed by atoms with van der Waals surface area (Å²) in [5, 5.41) is 4.11. The number of aromatic nitrogens is 2. The van der Waals surface area contributed by atoms with Crippen molar-refractivity contribution in [2.24, 2.45) is 0 Å². The molecule has 0 fully saturated rings. The smallest absolute Gasteiger partial charge is 0.382 e. The zero-order chi connectivity index (χ0) is 15.7. The molecular formula is C16H12F3N3. The maximum Gasteiger partial charge on any atom is 0.416 e. The molecule has 3 rings (SSSR count). The van der Waals surface area contributed by atoms with Gasteiger partial charge in [0.2, 0.25) is 0 Å². The third kappa shape index (κ3) is 2.67. The summed E-state index contributed by atoms with van der Waals surface area (Å²) in [6.07, 6.45) is -4.40. The molecule has 112 valence electrons. The second-order valence-corrected chi connectivity index (χ2v) is 4.78. The van der Waals surface area contributed by atoms with Gasteiger partial charge in [0.25, 0.3) is 0 Å². The van der Waals surface area contributed by atoms with Gasteiger partial charge in [0.05, 0.1) is 16.9 Å². The number of anilines is 1. The minimum absolute atomic E-state index is 0.247. The van der Waals surface area contributed by atoms with Crippen LogP contribution in [0.15, 0.2) is 60.7 Å². The molecule has 0 saturated carbocycles. The first-order valence-corrected chi connectivity index (χ1v) is 6.54. The fourth-order valence-electron chi connectivity index (χ4n) is 2.22. The number of rotatable bonds is 2. The predicted molar refractivity (Wildman–Crippen MR) is 78.4 cm³/mol. The van der Waals surface area contributed by atoms with E-state index < -0.39 is 11.7 Å². The lowest BCUT2D eigenvalue weighted by Gasteiger charge is -2.11. The van der Waals surface area contributed by atoms with Crippen molar-refractivity contribution < 1.29 is 13.2 Å². The summed E-state index contributed by atoms with van der Waals surface area (Å²) in [6, 6.07) is 15.9. The van der Waals surface area contributed by atoms with Gasteiger partial charge in [-0.2, -0.15) is 18.3 Å². The molecule has 0 amide bonds. The topological polar surface area (TPSA) is 43.8 Å². The third-order valence-corrected chi connectivity index (χ3v) is 3.22. The van der Waals surface area contributed by atoms with E-state index in [1.54, 1.807) is 12.1 Å². The van der Waals surface area contributed by atoms with E-state index in [1.165, 1.54) is 10.7 Å². The van der Waals surface area contributed by atoms with Crippen molar-refractivity contribution in [1.29, 1.82) is 0 Å². The van der Waals surface area contributed by atoms with E-state index in [-0.39, 0.29) is 5.82 Å². The van der Waals surface area contributed by atoms with E-state index in [1.807, 2.05) is 30.3 Å². The molecule has 1 aromatic heterocycles. The van der Waals surface area contributed by atoms with Gasteiger partial charge < -0.3 is 5.73 Å². The molecule has 0 bridgehead atoms. The van der Waals surface area contributed by atoms with Crippen LogP contribution >= 0.6 is 0 Å². The normalized spacial score (nSPS) is 11.6. The van der Waals surface area contributed by atoms with Gasteiger partial charge in [-0.3, -0.25) is 0 Å². The number of nitrogens with two attached hydrogens (primary N) is 1. The summed E-state index contributed by atoms with van der Waals surface area (Å²) < 4.78 is 40.0. The number of alkyl halides is 3. The van der Waals surface area contributed by atoms with Gasteiger partial charge in [0.1, 0.15) is 5.82 Å². The molecule has 0 spiro atoms. The maximum atomic E-state index is 12.9. The van der Waals surface area contributed by atoms with Gasteiger partial charge in [-0.05, 0) is 18.2 Å². The molecule has 6 heteroatoms. The van der Waals surface area contributed by atoms with Crippen LogP contribution in [0.3, 0.4) is 0 Å². The average Bonchev–Trinajstić information content (AvgIpc) is 2.89. The Morgan fingerprint density at radius 3 is 2.32 bits per heavy atom. The second kappa shape index (κ2) is 5.22. The molecule has 0 atom stereocenters. The summed E-state index contributed by atoms with van der Waals surface area (Å²) in [4.78, 5) is 0. The van der Waals surface area contributed by atoms with Crippen LogP contribution < -0.4 is 5.73 Å². The van der Waals surface area contributed by atoms with E-state index >= 15 is 0 Å². The summed E-state index contributed by atoms with van der Waals surface area (Å²) >= 11 is 0. The molecule has 0 aliphatic rings. The number of benzene rings is 2. The zero-order valence-electron chi connectivity index (χ0n) is 11.4. The molecule has 3 aromatic rings. The van der Waals surface area contributed by atoms with Crippen LogP contribution in [-0.4, -0.2) is 9.78 Å². The van der Waals surface area contributed by atoms with Crippen LogP contribution in [0, 0.1) is 0 Å². The van der Waals surface area contributed by atoms with E-state index in [4.69, 9.17) is 5.73 Å². The number of halogens is 3. The van der Waals surface area contributed by atoms with Crippen molar-refractivity contribution in [1.82, 2.24) is 9.78 Å². The Morgan fingerprint density at radius 2 is 1.64 bits per heavy atom. The summed E-state index contributed by atoms with van der Waals surface area (Å²) in [7, 11) is 0. The second-order valence-electron chi connectivity index (χ2n) is 4.78. The van der Waals surface area contributed by atoms with Crippen LogP contribution in [0.4, 0.5) is 19.0 Å². The standard InChI is InChI=1S/C16H12F3N3/c17-16(18,19)12-7-4-8-13(9-12)22-14(10-15(20)21-22)11-5-2-1-3-6-11/h1-10H,(H2,20,21). The highest BCUT2D eigenvalue weighted by atomic mass is 19.4. The third-order valence-electron chi connectivity index (χ3n) is 3.22. The fourth-order valence-corrected chi connectivity index (χ4v) is 2.22. The lowest BCUT2D eigenvalue weighted by molar-refractivity contribution is -0.137. The minimum Gasteiger partial charge on any atom is -0.382 e. The molecule has 2 aromatic carbocycles. The number of hydrogen-bond donors (Lipinski definition) is 1. The Morgan fingerprint density at radius 1 is 0.909 bits per heavy atom. The Kier molecular flexibility index (Phi) is 3.36. The molecule has 0 aliphatic heterocycles. The highest BCUT2D eigenvalue weighted by Crippen LogP contribution is 2.31. The van der Waals surface area contributed by atoms with Crippen molar-refractivity contribution in [2.45, 2.75) is 6.18 Å². The van der Waals surface area contributed by atoms with Crippen LogP contribution in [0.2, 0.25) is 0 Å². The quantitative estimate of drug-likeness (QED) is 0.773. The average molecular weight is 303 g/mol. The molecule has 0 saturated heterocycles. The van der Waals surface area contributed by atoms with Crippen LogP contribution in [0.5, 0.6) is 0 Å². The van der Waals surface area contributed by atoms with Crippen molar-refractivity contribution in [3.05, 3.63) is 66.2 Å². The van der Waals surface area contributed by atoms with E-state index in [0.29, 0.717) is 11.4 Å². The lowest BCUT2D eigenvalue weighted by Crippen LogP contribution is -2.07. The van der Waals surface area contributed by atoms with Crippen LogP contribution in [0.1, 0.15) is 5.56 Å². The lowest BCUT2D eigenvalue weighted by atomic mass is 10.1. The zero-order valence-corrected chi connectivity index (χ0v) is 11.4. The fraction of sp³-hybridized carbons (Fsp3) is 0.0625. The molecular weight excluding hydrogens is 291 g/mol. The predicted octanol–water partition coefficient (Wildman–Crippen LogP) is 4.14. The van der Waals surface area contributed by atoms with Crippen molar-refractivity contribution in [2.75, 3.05) is 5.73 Å². The van der Waals surface area contributed by atoms with E-state index in [9.17, 15) is 13.2 Å². The van der Waals surface area contributed by atoms with Crippen molar-refractivity contribution in [3.8, 4) is 16.9 Å². The Labute approximate surface area is 124 Å². The molecule has 0 aliphatic carbocycles. The van der Waals surface area contributed by atoms with Gasteiger partial charge in [-0.25, -0.2) is 4.68 Å². The SMILES string of the molecule is Nc1cc(-c2ccccc2)n(-c2cccc(C(F)(F)F)c2)n1. The highest BCUT2D eigenvalue weighted by molar-refractivity contribution is 5.65. The van der Waals surface area contributed by atoms with E-state index in [2.05, 4.69) is 5.10 Å².